The summed E-state index contributed by atoms with van der Waals surface area (Å²) in [6, 6.07) is 11.1. The van der Waals surface area contributed by atoms with Gasteiger partial charge in [-0.15, -0.1) is 0 Å². The zero-order valence-corrected chi connectivity index (χ0v) is 15.2. The molecule has 0 N–H and O–H groups in total. The maximum atomic E-state index is 13.1. The molecule has 2 fully saturated rings. The third-order valence-corrected chi connectivity index (χ3v) is 5.00. The number of nitrogens with zero attached hydrogens (tertiary/aromatic N) is 3. The van der Waals surface area contributed by atoms with E-state index in [-0.39, 0.29) is 17.7 Å². The van der Waals surface area contributed by atoms with Crippen LogP contribution in [-0.2, 0) is 4.79 Å². The number of carbonyl (C=O) groups is 2. The largest absolute Gasteiger partial charge is 0.456 e. The molecule has 1 saturated carbocycles. The SMILES string of the molecule is O=C(c1cnccc1Oc1ccccc1)N1CCCN(C(=O)C2CC2)CC1. The number of aromatic nitrogens is 1. The van der Waals surface area contributed by atoms with Gasteiger partial charge in [0.05, 0.1) is 0 Å². The lowest BCUT2D eigenvalue weighted by Crippen LogP contribution is -2.38. The van der Waals surface area contributed by atoms with Crippen molar-refractivity contribution in [1.82, 2.24) is 14.8 Å². The molecule has 0 unspecified atom stereocenters. The molecule has 1 aliphatic carbocycles. The second kappa shape index (κ2) is 7.78. The maximum absolute atomic E-state index is 13.1. The summed E-state index contributed by atoms with van der Waals surface area (Å²) in [6.07, 6.45) is 5.98. The molecule has 0 spiro atoms. The highest BCUT2D eigenvalue weighted by molar-refractivity contribution is 5.96. The molecule has 4 rings (SSSR count). The summed E-state index contributed by atoms with van der Waals surface area (Å²) in [5, 5.41) is 0. The Balaban J connectivity index is 1.47. The van der Waals surface area contributed by atoms with Crippen LogP contribution in [0.15, 0.2) is 48.8 Å². The van der Waals surface area contributed by atoms with E-state index in [4.69, 9.17) is 4.74 Å². The van der Waals surface area contributed by atoms with Gasteiger partial charge in [-0.05, 0) is 37.5 Å². The van der Waals surface area contributed by atoms with E-state index in [1.54, 1.807) is 23.4 Å². The van der Waals surface area contributed by atoms with E-state index in [0.29, 0.717) is 36.7 Å². The third kappa shape index (κ3) is 4.10. The van der Waals surface area contributed by atoms with Crippen LogP contribution in [0.2, 0.25) is 0 Å². The minimum absolute atomic E-state index is 0.102. The van der Waals surface area contributed by atoms with Crippen LogP contribution in [0.25, 0.3) is 0 Å². The van der Waals surface area contributed by atoms with E-state index < -0.39 is 0 Å². The number of amides is 2. The smallest absolute Gasteiger partial charge is 0.259 e. The van der Waals surface area contributed by atoms with Crippen molar-refractivity contribution in [3.05, 3.63) is 54.4 Å². The van der Waals surface area contributed by atoms with Crippen LogP contribution < -0.4 is 4.74 Å². The second-order valence-electron chi connectivity index (χ2n) is 7.03. The van der Waals surface area contributed by atoms with Gasteiger partial charge in [-0.25, -0.2) is 0 Å². The fourth-order valence-corrected chi connectivity index (χ4v) is 3.35. The molecule has 140 valence electrons. The summed E-state index contributed by atoms with van der Waals surface area (Å²) < 4.78 is 5.90. The van der Waals surface area contributed by atoms with E-state index in [1.165, 1.54) is 0 Å². The first-order chi connectivity index (χ1) is 13.2. The van der Waals surface area contributed by atoms with E-state index >= 15 is 0 Å². The molecule has 1 aliphatic heterocycles. The van der Waals surface area contributed by atoms with Crippen LogP contribution in [0.5, 0.6) is 11.5 Å². The fraction of sp³-hybridized carbons (Fsp3) is 0.381. The highest BCUT2D eigenvalue weighted by atomic mass is 16.5. The van der Waals surface area contributed by atoms with Gasteiger partial charge < -0.3 is 14.5 Å². The third-order valence-electron chi connectivity index (χ3n) is 5.00. The first-order valence-corrected chi connectivity index (χ1v) is 9.47. The lowest BCUT2D eigenvalue weighted by atomic mass is 10.2. The van der Waals surface area contributed by atoms with Crippen molar-refractivity contribution in [3.63, 3.8) is 0 Å². The minimum Gasteiger partial charge on any atom is -0.456 e. The van der Waals surface area contributed by atoms with Crippen LogP contribution >= 0.6 is 0 Å². The zero-order chi connectivity index (χ0) is 18.6. The summed E-state index contributed by atoms with van der Waals surface area (Å²) >= 11 is 0. The van der Waals surface area contributed by atoms with Gasteiger partial charge in [0, 0.05) is 44.5 Å². The average molecular weight is 365 g/mol. The quantitative estimate of drug-likeness (QED) is 0.836. The Morgan fingerprint density at radius 3 is 2.48 bits per heavy atom. The number of pyridine rings is 1. The van der Waals surface area contributed by atoms with E-state index in [9.17, 15) is 9.59 Å². The van der Waals surface area contributed by atoms with Crippen molar-refractivity contribution in [3.8, 4) is 11.5 Å². The number of hydrogen-bond acceptors (Lipinski definition) is 4. The zero-order valence-electron chi connectivity index (χ0n) is 15.2. The molecule has 6 nitrogen and oxygen atoms in total. The van der Waals surface area contributed by atoms with Gasteiger partial charge in [-0.2, -0.15) is 0 Å². The molecule has 0 radical (unpaired) electrons. The van der Waals surface area contributed by atoms with Crippen molar-refractivity contribution in [2.75, 3.05) is 26.2 Å². The van der Waals surface area contributed by atoms with Crippen molar-refractivity contribution in [2.24, 2.45) is 5.92 Å². The van der Waals surface area contributed by atoms with E-state index in [0.717, 1.165) is 25.8 Å². The molecule has 0 bridgehead atoms. The second-order valence-corrected chi connectivity index (χ2v) is 7.03. The van der Waals surface area contributed by atoms with Crippen LogP contribution in [0.3, 0.4) is 0 Å². The predicted octanol–water partition coefficient (Wildman–Crippen LogP) is 2.96. The molecule has 2 aliphatic rings. The Bertz CT molecular complexity index is 820. The Hall–Kier alpha value is -2.89. The van der Waals surface area contributed by atoms with Crippen LogP contribution in [-0.4, -0.2) is 52.8 Å². The first-order valence-electron chi connectivity index (χ1n) is 9.47. The number of ether oxygens (including phenoxy) is 1. The van der Waals surface area contributed by atoms with Crippen molar-refractivity contribution < 1.29 is 14.3 Å². The highest BCUT2D eigenvalue weighted by Gasteiger charge is 2.34. The Kier molecular flexibility index (Phi) is 5.05. The van der Waals surface area contributed by atoms with Crippen molar-refractivity contribution >= 4 is 11.8 Å². The number of hydrogen-bond donors (Lipinski definition) is 0. The molecule has 1 aromatic carbocycles. The molecule has 2 aromatic rings. The maximum Gasteiger partial charge on any atom is 0.259 e. The number of para-hydroxylation sites is 1. The number of rotatable bonds is 4. The highest BCUT2D eigenvalue weighted by Crippen LogP contribution is 2.31. The van der Waals surface area contributed by atoms with Gasteiger partial charge in [0.25, 0.3) is 5.91 Å². The first kappa shape index (κ1) is 17.5. The standard InChI is InChI=1S/C21H23N3O3/c25-20(16-7-8-16)23-11-4-12-24(14-13-23)21(26)18-15-22-10-9-19(18)27-17-5-2-1-3-6-17/h1-3,5-6,9-10,15-16H,4,7-8,11-14H2. The molecular formula is C21H23N3O3. The normalized spacial score (nSPS) is 17.3. The topological polar surface area (TPSA) is 62.7 Å². The Morgan fingerprint density at radius 2 is 1.70 bits per heavy atom. The van der Waals surface area contributed by atoms with Gasteiger partial charge in [0.1, 0.15) is 17.1 Å². The predicted molar refractivity (Wildman–Crippen MR) is 101 cm³/mol. The molecular weight excluding hydrogens is 342 g/mol. The van der Waals surface area contributed by atoms with Gasteiger partial charge in [-0.1, -0.05) is 18.2 Å². The van der Waals surface area contributed by atoms with Crippen molar-refractivity contribution in [2.45, 2.75) is 19.3 Å². The van der Waals surface area contributed by atoms with Crippen molar-refractivity contribution in [1.29, 1.82) is 0 Å². The Labute approximate surface area is 158 Å². The van der Waals surface area contributed by atoms with Crippen LogP contribution in [0.1, 0.15) is 29.6 Å². The molecule has 1 saturated heterocycles. The molecule has 6 heteroatoms. The van der Waals surface area contributed by atoms with Crippen LogP contribution in [0, 0.1) is 5.92 Å². The van der Waals surface area contributed by atoms with Gasteiger partial charge in [0.2, 0.25) is 5.91 Å². The van der Waals surface area contributed by atoms with E-state index in [2.05, 4.69) is 4.98 Å². The van der Waals surface area contributed by atoms with Gasteiger partial charge in [0.15, 0.2) is 0 Å². The van der Waals surface area contributed by atoms with Gasteiger partial charge >= 0.3 is 0 Å². The lowest BCUT2D eigenvalue weighted by molar-refractivity contribution is -0.132. The van der Waals surface area contributed by atoms with E-state index in [1.807, 2.05) is 35.2 Å². The summed E-state index contributed by atoms with van der Waals surface area (Å²) in [4.78, 5) is 33.2. The average Bonchev–Trinajstić information content (AvgIpc) is 3.55. The summed E-state index contributed by atoms with van der Waals surface area (Å²) in [5.74, 6) is 1.54. The molecule has 1 aromatic heterocycles. The van der Waals surface area contributed by atoms with Crippen LogP contribution in [0.4, 0.5) is 0 Å². The lowest BCUT2D eigenvalue weighted by Gasteiger charge is -2.23. The Morgan fingerprint density at radius 1 is 0.963 bits per heavy atom. The van der Waals surface area contributed by atoms with Gasteiger partial charge in [-0.3, -0.25) is 14.6 Å². The fourth-order valence-electron chi connectivity index (χ4n) is 3.35. The molecule has 2 heterocycles. The summed E-state index contributed by atoms with van der Waals surface area (Å²) in [7, 11) is 0. The summed E-state index contributed by atoms with van der Waals surface area (Å²) in [6.45, 7) is 2.49. The number of carbonyl (C=O) groups excluding carboxylic acids is 2. The molecule has 27 heavy (non-hydrogen) atoms. The minimum atomic E-state index is -0.102. The number of benzene rings is 1. The molecule has 0 atom stereocenters. The molecule has 2 amide bonds. The monoisotopic (exact) mass is 365 g/mol. The summed E-state index contributed by atoms with van der Waals surface area (Å²) in [5.41, 5.74) is 0.448.